The summed E-state index contributed by atoms with van der Waals surface area (Å²) in [5.74, 6) is 0.881. The van der Waals surface area contributed by atoms with Gasteiger partial charge in [-0.25, -0.2) is 9.36 Å². The Hall–Kier alpha value is -2.42. The Balaban J connectivity index is 1.38. The highest BCUT2D eigenvalue weighted by molar-refractivity contribution is 5.97. The third-order valence-electron chi connectivity index (χ3n) is 5.84. The van der Waals surface area contributed by atoms with Gasteiger partial charge in [0, 0.05) is 25.8 Å². The number of carbonyl (C=O) groups excluding carboxylic acids is 1. The number of hydrogen-bond donors (Lipinski definition) is 0. The molecule has 2 aliphatic heterocycles. The molecular weight excluding hydrogens is 336 g/mol. The average molecular weight is 358 g/mol. The first-order valence-electron chi connectivity index (χ1n) is 9.12. The van der Waals surface area contributed by atoms with Gasteiger partial charge in [-0.1, -0.05) is 5.21 Å². The number of aromatic nitrogens is 5. The fourth-order valence-electron chi connectivity index (χ4n) is 4.38. The van der Waals surface area contributed by atoms with E-state index >= 15 is 0 Å². The summed E-state index contributed by atoms with van der Waals surface area (Å²) in [7, 11) is 1.68. The molecule has 4 heterocycles. The smallest absolute Gasteiger partial charge is 0.261 e. The molecule has 1 atom stereocenters. The molecule has 138 valence electrons. The lowest BCUT2D eigenvalue weighted by Crippen LogP contribution is -2.39. The van der Waals surface area contributed by atoms with E-state index in [2.05, 4.69) is 15.4 Å². The van der Waals surface area contributed by atoms with Gasteiger partial charge in [-0.2, -0.15) is 5.10 Å². The highest BCUT2D eigenvalue weighted by Gasteiger charge is 2.60. The van der Waals surface area contributed by atoms with Crippen LogP contribution >= 0.6 is 0 Å². The van der Waals surface area contributed by atoms with Gasteiger partial charge in [0.25, 0.3) is 5.91 Å². The SMILES string of the molecule is COCCn1cc(C2CCN(C(=O)c3cnn4c3OCC4)C23CC3)nn1. The summed E-state index contributed by atoms with van der Waals surface area (Å²) in [6, 6.07) is 0. The first-order chi connectivity index (χ1) is 12.7. The molecule has 0 radical (unpaired) electrons. The number of carbonyl (C=O) groups is 1. The van der Waals surface area contributed by atoms with Gasteiger partial charge in [0.1, 0.15) is 12.2 Å². The van der Waals surface area contributed by atoms with Crippen molar-refractivity contribution in [1.82, 2.24) is 29.7 Å². The van der Waals surface area contributed by atoms with Crippen molar-refractivity contribution in [2.45, 2.75) is 43.8 Å². The molecule has 2 aromatic heterocycles. The Morgan fingerprint density at radius 2 is 2.31 bits per heavy atom. The van der Waals surface area contributed by atoms with Gasteiger partial charge in [0.2, 0.25) is 5.88 Å². The van der Waals surface area contributed by atoms with Crippen LogP contribution in [0, 0.1) is 0 Å². The molecule has 1 saturated carbocycles. The van der Waals surface area contributed by atoms with Crippen LogP contribution in [0.15, 0.2) is 12.4 Å². The molecule has 1 unspecified atom stereocenters. The first kappa shape index (κ1) is 15.8. The normalized spacial score (nSPS) is 22.7. The van der Waals surface area contributed by atoms with Crippen molar-refractivity contribution in [3.63, 3.8) is 0 Å². The minimum atomic E-state index is -0.118. The fourth-order valence-corrected chi connectivity index (χ4v) is 4.38. The monoisotopic (exact) mass is 358 g/mol. The number of hydrogen-bond acceptors (Lipinski definition) is 6. The van der Waals surface area contributed by atoms with Crippen LogP contribution in [0.5, 0.6) is 5.88 Å². The topological polar surface area (TPSA) is 87.3 Å². The van der Waals surface area contributed by atoms with Gasteiger partial charge in [-0.05, 0) is 19.3 Å². The maximum atomic E-state index is 13.2. The van der Waals surface area contributed by atoms with Crippen molar-refractivity contribution in [3.8, 4) is 5.88 Å². The molecule has 1 saturated heterocycles. The lowest BCUT2D eigenvalue weighted by molar-refractivity contribution is 0.0705. The molecule has 26 heavy (non-hydrogen) atoms. The number of likely N-dealkylation sites (tertiary alicyclic amines) is 1. The van der Waals surface area contributed by atoms with E-state index in [1.54, 1.807) is 18.0 Å². The summed E-state index contributed by atoms with van der Waals surface area (Å²) in [6.07, 6.45) is 6.58. The second-order valence-corrected chi connectivity index (χ2v) is 7.24. The first-order valence-corrected chi connectivity index (χ1v) is 9.12. The van der Waals surface area contributed by atoms with Crippen LogP contribution in [0.1, 0.15) is 41.2 Å². The molecule has 2 fully saturated rings. The minimum Gasteiger partial charge on any atom is -0.475 e. The molecule has 9 nitrogen and oxygen atoms in total. The van der Waals surface area contributed by atoms with E-state index in [4.69, 9.17) is 9.47 Å². The maximum Gasteiger partial charge on any atom is 0.261 e. The van der Waals surface area contributed by atoms with Gasteiger partial charge in [0.05, 0.1) is 37.1 Å². The van der Waals surface area contributed by atoms with Crippen LogP contribution in [-0.4, -0.2) is 68.0 Å². The highest BCUT2D eigenvalue weighted by atomic mass is 16.5. The lowest BCUT2D eigenvalue weighted by Gasteiger charge is -2.27. The minimum absolute atomic E-state index is 0.0277. The molecule has 0 aromatic carbocycles. The third-order valence-corrected chi connectivity index (χ3v) is 5.84. The van der Waals surface area contributed by atoms with Gasteiger partial charge in [0.15, 0.2) is 0 Å². The predicted octanol–water partition coefficient (Wildman–Crippen LogP) is 0.676. The number of ether oxygens (including phenoxy) is 2. The van der Waals surface area contributed by atoms with Gasteiger partial charge in [-0.3, -0.25) is 4.79 Å². The van der Waals surface area contributed by atoms with Crippen molar-refractivity contribution < 1.29 is 14.3 Å². The van der Waals surface area contributed by atoms with Gasteiger partial charge in [-0.15, -0.1) is 5.10 Å². The molecule has 9 heteroatoms. The Kier molecular flexibility index (Phi) is 3.53. The second kappa shape index (κ2) is 5.80. The van der Waals surface area contributed by atoms with Crippen molar-refractivity contribution in [1.29, 1.82) is 0 Å². The van der Waals surface area contributed by atoms with E-state index in [1.807, 2.05) is 15.8 Å². The second-order valence-electron chi connectivity index (χ2n) is 7.24. The van der Waals surface area contributed by atoms with E-state index in [-0.39, 0.29) is 17.4 Å². The van der Waals surface area contributed by atoms with E-state index in [0.717, 1.165) is 31.5 Å². The van der Waals surface area contributed by atoms with E-state index in [1.165, 1.54) is 0 Å². The van der Waals surface area contributed by atoms with Crippen molar-refractivity contribution >= 4 is 5.91 Å². The third kappa shape index (κ3) is 2.26. The van der Waals surface area contributed by atoms with Crippen LogP contribution in [-0.2, 0) is 17.8 Å². The summed E-state index contributed by atoms with van der Waals surface area (Å²) in [4.78, 5) is 15.2. The zero-order valence-electron chi connectivity index (χ0n) is 14.8. The summed E-state index contributed by atoms with van der Waals surface area (Å²) >= 11 is 0. The fraction of sp³-hybridized carbons (Fsp3) is 0.647. The molecule has 2 aromatic rings. The Morgan fingerprint density at radius 1 is 1.42 bits per heavy atom. The summed E-state index contributed by atoms with van der Waals surface area (Å²) in [6.45, 7) is 3.32. The Labute approximate surface area is 150 Å². The summed E-state index contributed by atoms with van der Waals surface area (Å²) in [5.41, 5.74) is 1.44. The lowest BCUT2D eigenvalue weighted by atomic mass is 9.94. The molecule has 3 aliphatic rings. The largest absolute Gasteiger partial charge is 0.475 e. The van der Waals surface area contributed by atoms with E-state index in [0.29, 0.717) is 37.7 Å². The molecular formula is C17H22N6O3. The standard InChI is InChI=1S/C17H22N6O3/c1-25-8-6-21-11-14(19-20-21)13-2-5-22(17(13)3-4-17)15(24)12-10-18-23-7-9-26-16(12)23/h10-11,13H,2-9H2,1H3. The summed E-state index contributed by atoms with van der Waals surface area (Å²) < 4.78 is 14.3. The number of rotatable bonds is 5. The number of amides is 1. The molecule has 5 rings (SSSR count). The van der Waals surface area contributed by atoms with E-state index < -0.39 is 0 Å². The Morgan fingerprint density at radius 3 is 3.12 bits per heavy atom. The van der Waals surface area contributed by atoms with Crippen molar-refractivity contribution in [2.24, 2.45) is 0 Å². The van der Waals surface area contributed by atoms with Gasteiger partial charge < -0.3 is 14.4 Å². The molecule has 0 N–H and O–H groups in total. The zero-order valence-corrected chi connectivity index (χ0v) is 14.8. The average Bonchev–Trinajstić information content (AvgIpc) is 3.06. The Bertz CT molecular complexity index is 839. The number of methoxy groups -OCH3 is 1. The van der Waals surface area contributed by atoms with Crippen LogP contribution in [0.3, 0.4) is 0 Å². The number of fused-ring (bicyclic) bond motifs is 1. The molecule has 1 aliphatic carbocycles. The predicted molar refractivity (Wildman–Crippen MR) is 90.0 cm³/mol. The quantitative estimate of drug-likeness (QED) is 0.781. The van der Waals surface area contributed by atoms with E-state index in [9.17, 15) is 4.79 Å². The highest BCUT2D eigenvalue weighted by Crippen LogP contribution is 2.57. The van der Waals surface area contributed by atoms with Crippen molar-refractivity contribution in [2.75, 3.05) is 26.9 Å². The van der Waals surface area contributed by atoms with Crippen LogP contribution in [0.2, 0.25) is 0 Å². The molecule has 1 amide bonds. The van der Waals surface area contributed by atoms with Crippen molar-refractivity contribution in [3.05, 3.63) is 23.7 Å². The van der Waals surface area contributed by atoms with Crippen LogP contribution < -0.4 is 4.74 Å². The molecule has 1 spiro atoms. The maximum absolute atomic E-state index is 13.2. The zero-order chi connectivity index (χ0) is 17.7. The molecule has 0 bridgehead atoms. The van der Waals surface area contributed by atoms with Gasteiger partial charge >= 0.3 is 0 Å². The van der Waals surface area contributed by atoms with Crippen LogP contribution in [0.25, 0.3) is 0 Å². The summed E-state index contributed by atoms with van der Waals surface area (Å²) in [5, 5.41) is 12.9. The number of nitrogens with zero attached hydrogens (tertiary/aromatic N) is 6. The van der Waals surface area contributed by atoms with Crippen LogP contribution in [0.4, 0.5) is 0 Å².